The van der Waals surface area contributed by atoms with Gasteiger partial charge in [-0.3, -0.25) is 15.6 Å². The van der Waals surface area contributed by atoms with E-state index in [4.69, 9.17) is 23.8 Å². The molecule has 0 aliphatic carbocycles. The van der Waals surface area contributed by atoms with E-state index in [0.717, 1.165) is 5.56 Å². The third-order valence-electron chi connectivity index (χ3n) is 2.06. The van der Waals surface area contributed by atoms with Gasteiger partial charge in [-0.25, -0.2) is 0 Å². The second-order valence-corrected chi connectivity index (χ2v) is 6.05. The largest absolute Gasteiger partial charge is 0.357 e. The van der Waals surface area contributed by atoms with E-state index in [2.05, 4.69) is 16.2 Å². The Hall–Kier alpha value is -1.59. The predicted octanol–water partition coefficient (Wildman–Crippen LogP) is 2.65. The normalized spacial score (nSPS) is 11.2. The lowest BCUT2D eigenvalue weighted by Gasteiger charge is -2.22. The lowest BCUT2D eigenvalue weighted by molar-refractivity contribution is -0.117. The molecule has 0 aromatic heterocycles. The second kappa shape index (κ2) is 7.26. The summed E-state index contributed by atoms with van der Waals surface area (Å²) in [5.41, 5.74) is 5.80. The number of hydrogen-bond donors (Lipinski definition) is 3. The molecule has 0 aliphatic heterocycles. The first-order valence-corrected chi connectivity index (χ1v) is 6.87. The van der Waals surface area contributed by atoms with Crippen molar-refractivity contribution in [1.82, 2.24) is 16.2 Å². The molecule has 0 radical (unpaired) electrons. The molecule has 0 heterocycles. The average Bonchev–Trinajstić information content (AvgIpc) is 2.32. The number of hydrazine groups is 1. The standard InChI is InChI=1S/C14H18ClN3OS/c1-14(2,3)16-13(20)18-17-12(19)8-7-10-5-4-6-11(15)9-10/h4-9H,1-3H3,(H,17,19)(H2,16,18,20)/b8-7+. The number of benzene rings is 1. The molecule has 108 valence electrons. The number of carbonyl (C=O) groups is 1. The first-order chi connectivity index (χ1) is 9.26. The molecule has 0 saturated heterocycles. The molecule has 20 heavy (non-hydrogen) atoms. The molecule has 1 rings (SSSR count). The fraction of sp³-hybridized carbons (Fsp3) is 0.286. The lowest BCUT2D eigenvalue weighted by Crippen LogP contribution is -2.51. The Morgan fingerprint density at radius 1 is 1.30 bits per heavy atom. The van der Waals surface area contributed by atoms with Crippen LogP contribution in [0.1, 0.15) is 26.3 Å². The molecule has 1 aromatic rings. The monoisotopic (exact) mass is 311 g/mol. The lowest BCUT2D eigenvalue weighted by atomic mass is 10.1. The number of hydrogen-bond acceptors (Lipinski definition) is 2. The molecule has 1 aromatic carbocycles. The summed E-state index contributed by atoms with van der Waals surface area (Å²) in [6.45, 7) is 5.92. The van der Waals surface area contributed by atoms with Gasteiger partial charge < -0.3 is 5.32 Å². The zero-order valence-electron chi connectivity index (χ0n) is 11.7. The van der Waals surface area contributed by atoms with Gasteiger partial charge in [0, 0.05) is 16.6 Å². The van der Waals surface area contributed by atoms with Crippen LogP contribution in [-0.2, 0) is 4.79 Å². The highest BCUT2D eigenvalue weighted by Gasteiger charge is 2.10. The van der Waals surface area contributed by atoms with Crippen molar-refractivity contribution in [3.8, 4) is 0 Å². The fourth-order valence-corrected chi connectivity index (χ4v) is 1.87. The average molecular weight is 312 g/mol. The van der Waals surface area contributed by atoms with E-state index in [9.17, 15) is 4.79 Å². The number of thiocarbonyl (C=S) groups is 1. The molecule has 0 atom stereocenters. The van der Waals surface area contributed by atoms with Crippen molar-refractivity contribution in [2.75, 3.05) is 0 Å². The summed E-state index contributed by atoms with van der Waals surface area (Å²) in [6.07, 6.45) is 3.07. The maximum Gasteiger partial charge on any atom is 0.262 e. The summed E-state index contributed by atoms with van der Waals surface area (Å²) in [5.74, 6) is -0.303. The van der Waals surface area contributed by atoms with Crippen molar-refractivity contribution in [3.05, 3.63) is 40.9 Å². The molecule has 6 heteroatoms. The van der Waals surface area contributed by atoms with Crippen molar-refractivity contribution in [2.24, 2.45) is 0 Å². The molecule has 0 spiro atoms. The molecule has 3 N–H and O–H groups in total. The Bertz CT molecular complexity index is 523. The van der Waals surface area contributed by atoms with Gasteiger partial charge in [0.15, 0.2) is 5.11 Å². The van der Waals surface area contributed by atoms with Crippen LogP contribution < -0.4 is 16.2 Å². The number of halogens is 1. The minimum absolute atomic E-state index is 0.161. The van der Waals surface area contributed by atoms with E-state index in [1.54, 1.807) is 18.2 Å². The minimum Gasteiger partial charge on any atom is -0.357 e. The molecule has 0 fully saturated rings. The highest BCUT2D eigenvalue weighted by Crippen LogP contribution is 2.11. The fourth-order valence-electron chi connectivity index (χ4n) is 1.31. The zero-order valence-corrected chi connectivity index (χ0v) is 13.2. The van der Waals surface area contributed by atoms with Gasteiger partial charge in [-0.05, 0) is 56.8 Å². The molecule has 0 aliphatic rings. The van der Waals surface area contributed by atoms with Crippen LogP contribution in [0.2, 0.25) is 5.02 Å². The minimum atomic E-state index is -0.303. The van der Waals surface area contributed by atoms with Crippen molar-refractivity contribution in [3.63, 3.8) is 0 Å². The molecule has 0 bridgehead atoms. The van der Waals surface area contributed by atoms with E-state index in [1.807, 2.05) is 32.9 Å². The summed E-state index contributed by atoms with van der Waals surface area (Å²) < 4.78 is 0. The van der Waals surface area contributed by atoms with Crippen molar-refractivity contribution < 1.29 is 4.79 Å². The Labute approximate surface area is 129 Å². The van der Waals surface area contributed by atoms with Crippen LogP contribution in [0.15, 0.2) is 30.3 Å². The van der Waals surface area contributed by atoms with E-state index in [0.29, 0.717) is 10.1 Å². The summed E-state index contributed by atoms with van der Waals surface area (Å²) >= 11 is 10.9. The van der Waals surface area contributed by atoms with Gasteiger partial charge in [-0.1, -0.05) is 23.7 Å². The highest BCUT2D eigenvalue weighted by molar-refractivity contribution is 7.80. The van der Waals surface area contributed by atoms with Crippen LogP contribution in [-0.4, -0.2) is 16.6 Å². The second-order valence-electron chi connectivity index (χ2n) is 5.21. The quantitative estimate of drug-likeness (QED) is 0.446. The van der Waals surface area contributed by atoms with Crippen LogP contribution in [0.25, 0.3) is 6.08 Å². The van der Waals surface area contributed by atoms with Crippen molar-refractivity contribution in [1.29, 1.82) is 0 Å². The van der Waals surface area contributed by atoms with Gasteiger partial charge in [0.05, 0.1) is 0 Å². The van der Waals surface area contributed by atoms with Gasteiger partial charge in [-0.2, -0.15) is 0 Å². The van der Waals surface area contributed by atoms with Crippen LogP contribution in [0.4, 0.5) is 0 Å². The maximum absolute atomic E-state index is 11.6. The molecule has 0 unspecified atom stereocenters. The first-order valence-electron chi connectivity index (χ1n) is 6.08. The number of nitrogens with one attached hydrogen (secondary N) is 3. The highest BCUT2D eigenvalue weighted by atomic mass is 35.5. The van der Waals surface area contributed by atoms with E-state index in [-0.39, 0.29) is 11.4 Å². The van der Waals surface area contributed by atoms with E-state index in [1.165, 1.54) is 6.08 Å². The van der Waals surface area contributed by atoms with E-state index >= 15 is 0 Å². The molecular weight excluding hydrogens is 294 g/mol. The number of rotatable bonds is 2. The third kappa shape index (κ3) is 7.11. The maximum atomic E-state index is 11.6. The Morgan fingerprint density at radius 2 is 2.00 bits per heavy atom. The summed E-state index contributed by atoms with van der Waals surface area (Å²) in [4.78, 5) is 11.6. The smallest absolute Gasteiger partial charge is 0.262 e. The molecular formula is C14H18ClN3OS. The van der Waals surface area contributed by atoms with Crippen LogP contribution in [0.3, 0.4) is 0 Å². The van der Waals surface area contributed by atoms with Crippen LogP contribution in [0.5, 0.6) is 0 Å². The van der Waals surface area contributed by atoms with Gasteiger partial charge in [0.1, 0.15) is 0 Å². The van der Waals surface area contributed by atoms with Crippen LogP contribution >= 0.6 is 23.8 Å². The molecule has 1 amide bonds. The SMILES string of the molecule is CC(C)(C)NC(=S)NNC(=O)/C=C/c1cccc(Cl)c1. The summed E-state index contributed by atoms with van der Waals surface area (Å²) in [5, 5.41) is 4.01. The predicted molar refractivity (Wildman–Crippen MR) is 87.3 cm³/mol. The summed E-state index contributed by atoms with van der Waals surface area (Å²) in [7, 11) is 0. The Kier molecular flexibility index (Phi) is 5.98. The van der Waals surface area contributed by atoms with Gasteiger partial charge in [-0.15, -0.1) is 0 Å². The molecule has 0 saturated carbocycles. The third-order valence-corrected chi connectivity index (χ3v) is 2.50. The van der Waals surface area contributed by atoms with Gasteiger partial charge >= 0.3 is 0 Å². The zero-order chi connectivity index (χ0) is 15.2. The van der Waals surface area contributed by atoms with Gasteiger partial charge in [0.2, 0.25) is 0 Å². The Morgan fingerprint density at radius 3 is 2.60 bits per heavy atom. The summed E-state index contributed by atoms with van der Waals surface area (Å²) in [6, 6.07) is 7.22. The number of carbonyl (C=O) groups excluding carboxylic acids is 1. The van der Waals surface area contributed by atoms with Crippen molar-refractivity contribution >= 4 is 40.9 Å². The first kappa shape index (κ1) is 16.5. The topological polar surface area (TPSA) is 53.2 Å². The van der Waals surface area contributed by atoms with Crippen molar-refractivity contribution in [2.45, 2.75) is 26.3 Å². The number of amides is 1. The van der Waals surface area contributed by atoms with Crippen LogP contribution in [0, 0.1) is 0 Å². The molecule has 4 nitrogen and oxygen atoms in total. The Balaban J connectivity index is 2.42. The van der Waals surface area contributed by atoms with Gasteiger partial charge in [0.25, 0.3) is 5.91 Å². The van der Waals surface area contributed by atoms with E-state index < -0.39 is 0 Å².